The minimum absolute atomic E-state index is 0.275. The van der Waals surface area contributed by atoms with Gasteiger partial charge in [0.05, 0.1) is 12.2 Å². The summed E-state index contributed by atoms with van der Waals surface area (Å²) in [7, 11) is 0. The van der Waals surface area contributed by atoms with Crippen molar-refractivity contribution in [1.29, 1.82) is 0 Å². The fourth-order valence-corrected chi connectivity index (χ4v) is 2.23. The number of carbonyl (C=O) groups is 1. The molecule has 130 valence electrons. The Balaban J connectivity index is 2.37. The smallest absolute Gasteiger partial charge is 0.416 e. The highest BCUT2D eigenvalue weighted by atomic mass is 19.4. The van der Waals surface area contributed by atoms with Crippen LogP contribution in [0.5, 0.6) is 0 Å². The van der Waals surface area contributed by atoms with Crippen molar-refractivity contribution >= 4 is 11.5 Å². The molecule has 0 aliphatic heterocycles. The van der Waals surface area contributed by atoms with Crippen LogP contribution in [0.4, 0.5) is 13.2 Å². The van der Waals surface area contributed by atoms with Crippen LogP contribution < -0.4 is 0 Å². The highest BCUT2D eigenvalue weighted by Crippen LogP contribution is 2.31. The van der Waals surface area contributed by atoms with Gasteiger partial charge >= 0.3 is 12.1 Å². The molecule has 0 atom stereocenters. The second-order valence-electron chi connectivity index (χ2n) is 5.13. The molecular weight excluding hydrogens is 329 g/mol. The lowest BCUT2D eigenvalue weighted by molar-refractivity contribution is -0.138. The van der Waals surface area contributed by atoms with E-state index in [0.717, 1.165) is 17.7 Å². The van der Waals surface area contributed by atoms with Crippen LogP contribution >= 0.6 is 0 Å². The molecule has 0 saturated carbocycles. The Hall–Kier alpha value is -2.82. The van der Waals surface area contributed by atoms with Crippen LogP contribution in [0.25, 0.3) is 5.57 Å². The average molecular weight is 346 g/mol. The van der Waals surface area contributed by atoms with Gasteiger partial charge < -0.3 is 4.74 Å². The summed E-state index contributed by atoms with van der Waals surface area (Å²) in [6.07, 6.45) is 0.0995. The van der Waals surface area contributed by atoms with Gasteiger partial charge in [0, 0.05) is 6.08 Å². The Bertz CT molecular complexity index is 758. The maximum Gasteiger partial charge on any atom is 0.416 e. The first-order chi connectivity index (χ1) is 11.9. The van der Waals surface area contributed by atoms with Gasteiger partial charge in [-0.15, -0.1) is 0 Å². The SMILES string of the molecule is CCOC(=O)C=CC=C(c1ccccc1)c1ccc(C(F)(F)F)cc1. The third-order valence-electron chi connectivity index (χ3n) is 3.39. The van der Waals surface area contributed by atoms with Crippen molar-refractivity contribution in [2.24, 2.45) is 0 Å². The standard InChI is InChI=1S/C20H17F3O2/c1-2-25-19(24)10-6-9-18(15-7-4-3-5-8-15)16-11-13-17(14-12-16)20(21,22)23/h3-14H,2H2,1H3. The molecular formula is C20H17F3O2. The van der Waals surface area contributed by atoms with Gasteiger partial charge in [0.1, 0.15) is 0 Å². The van der Waals surface area contributed by atoms with E-state index in [1.165, 1.54) is 24.3 Å². The number of benzene rings is 2. The molecule has 0 spiro atoms. The fraction of sp³-hybridized carbons (Fsp3) is 0.150. The van der Waals surface area contributed by atoms with Gasteiger partial charge in [0.15, 0.2) is 0 Å². The Labute approximate surface area is 144 Å². The molecule has 0 saturated heterocycles. The molecule has 0 heterocycles. The van der Waals surface area contributed by atoms with Crippen LogP contribution in [0, 0.1) is 0 Å². The predicted molar refractivity (Wildman–Crippen MR) is 90.7 cm³/mol. The number of alkyl halides is 3. The third-order valence-corrected chi connectivity index (χ3v) is 3.39. The van der Waals surface area contributed by atoms with Crippen LogP contribution in [0.3, 0.4) is 0 Å². The summed E-state index contributed by atoms with van der Waals surface area (Å²) in [5, 5.41) is 0. The number of esters is 1. The Morgan fingerprint density at radius 3 is 2.16 bits per heavy atom. The summed E-state index contributed by atoms with van der Waals surface area (Å²) in [5.74, 6) is -0.474. The van der Waals surface area contributed by atoms with Crippen LogP contribution in [-0.2, 0) is 15.7 Å². The molecule has 0 amide bonds. The highest BCUT2D eigenvalue weighted by Gasteiger charge is 2.30. The van der Waals surface area contributed by atoms with E-state index in [2.05, 4.69) is 0 Å². The zero-order valence-electron chi connectivity index (χ0n) is 13.6. The Morgan fingerprint density at radius 2 is 1.60 bits per heavy atom. The number of hydrogen-bond acceptors (Lipinski definition) is 2. The molecule has 2 nitrogen and oxygen atoms in total. The van der Waals surface area contributed by atoms with Crippen LogP contribution in [-0.4, -0.2) is 12.6 Å². The lowest BCUT2D eigenvalue weighted by atomic mass is 9.96. The van der Waals surface area contributed by atoms with E-state index in [4.69, 9.17) is 4.74 Å². The number of allylic oxidation sites excluding steroid dienone is 2. The number of hydrogen-bond donors (Lipinski definition) is 0. The summed E-state index contributed by atoms with van der Waals surface area (Å²) in [5.41, 5.74) is 1.45. The van der Waals surface area contributed by atoms with Gasteiger partial charge in [0.2, 0.25) is 0 Å². The average Bonchev–Trinajstić information content (AvgIpc) is 2.59. The lowest BCUT2D eigenvalue weighted by Crippen LogP contribution is -2.04. The molecule has 2 rings (SSSR count). The second-order valence-corrected chi connectivity index (χ2v) is 5.13. The van der Waals surface area contributed by atoms with Gasteiger partial charge in [-0.3, -0.25) is 0 Å². The quantitative estimate of drug-likeness (QED) is 0.419. The van der Waals surface area contributed by atoms with Crippen molar-refractivity contribution in [3.8, 4) is 0 Å². The van der Waals surface area contributed by atoms with Crippen LogP contribution in [0.2, 0.25) is 0 Å². The van der Waals surface area contributed by atoms with Crippen molar-refractivity contribution in [3.63, 3.8) is 0 Å². The van der Waals surface area contributed by atoms with E-state index in [9.17, 15) is 18.0 Å². The predicted octanol–water partition coefficient (Wildman–Crippen LogP) is 5.26. The van der Waals surface area contributed by atoms with E-state index >= 15 is 0 Å². The van der Waals surface area contributed by atoms with Gasteiger partial charge in [-0.1, -0.05) is 54.6 Å². The molecule has 0 aliphatic rings. The molecule has 0 bridgehead atoms. The molecule has 5 heteroatoms. The third kappa shape index (κ3) is 5.35. The van der Waals surface area contributed by atoms with Crippen molar-refractivity contribution in [2.45, 2.75) is 13.1 Å². The zero-order valence-corrected chi connectivity index (χ0v) is 13.6. The summed E-state index contributed by atoms with van der Waals surface area (Å²) in [6.45, 7) is 1.98. The van der Waals surface area contributed by atoms with Crippen molar-refractivity contribution in [3.05, 3.63) is 89.5 Å². The van der Waals surface area contributed by atoms with Crippen molar-refractivity contribution in [2.75, 3.05) is 6.61 Å². The van der Waals surface area contributed by atoms with Crippen molar-refractivity contribution in [1.82, 2.24) is 0 Å². The number of carbonyl (C=O) groups excluding carboxylic acids is 1. The van der Waals surface area contributed by atoms with E-state index in [-0.39, 0.29) is 6.61 Å². The summed E-state index contributed by atoms with van der Waals surface area (Å²) in [4.78, 5) is 11.4. The summed E-state index contributed by atoms with van der Waals surface area (Å²) < 4.78 is 43.0. The first kappa shape index (κ1) is 18.5. The minimum atomic E-state index is -4.38. The van der Waals surface area contributed by atoms with Crippen LogP contribution in [0.1, 0.15) is 23.6 Å². The summed E-state index contributed by atoms with van der Waals surface area (Å²) >= 11 is 0. The van der Waals surface area contributed by atoms with Crippen molar-refractivity contribution < 1.29 is 22.7 Å². The van der Waals surface area contributed by atoms with Gasteiger partial charge in [-0.25, -0.2) is 4.79 Å². The normalized spacial score (nSPS) is 12.4. The number of ether oxygens (including phenoxy) is 1. The summed E-state index contributed by atoms with van der Waals surface area (Å²) in [6, 6.07) is 14.1. The van der Waals surface area contributed by atoms with E-state index < -0.39 is 17.7 Å². The molecule has 0 aliphatic carbocycles. The monoisotopic (exact) mass is 346 g/mol. The first-order valence-corrected chi connectivity index (χ1v) is 7.70. The Morgan fingerprint density at radius 1 is 1.00 bits per heavy atom. The maximum absolute atomic E-state index is 12.7. The molecule has 25 heavy (non-hydrogen) atoms. The molecule has 0 aromatic heterocycles. The Kier molecular flexibility index (Phi) is 6.17. The van der Waals surface area contributed by atoms with Gasteiger partial charge in [0.25, 0.3) is 0 Å². The molecule has 0 N–H and O–H groups in total. The maximum atomic E-state index is 12.7. The second kappa shape index (κ2) is 8.33. The molecule has 0 fully saturated rings. The molecule has 2 aromatic rings. The number of halogens is 3. The van der Waals surface area contributed by atoms with E-state index in [1.807, 2.05) is 30.3 Å². The van der Waals surface area contributed by atoms with E-state index in [0.29, 0.717) is 11.1 Å². The minimum Gasteiger partial charge on any atom is -0.463 e. The largest absolute Gasteiger partial charge is 0.463 e. The first-order valence-electron chi connectivity index (χ1n) is 7.70. The van der Waals surface area contributed by atoms with Gasteiger partial charge in [-0.2, -0.15) is 13.2 Å². The van der Waals surface area contributed by atoms with Gasteiger partial charge in [-0.05, 0) is 35.8 Å². The lowest BCUT2D eigenvalue weighted by Gasteiger charge is -2.10. The zero-order chi connectivity index (χ0) is 18.3. The van der Waals surface area contributed by atoms with Crippen LogP contribution in [0.15, 0.2) is 72.8 Å². The number of rotatable bonds is 5. The fourth-order valence-electron chi connectivity index (χ4n) is 2.23. The topological polar surface area (TPSA) is 26.3 Å². The molecule has 2 aromatic carbocycles. The molecule has 0 radical (unpaired) electrons. The highest BCUT2D eigenvalue weighted by molar-refractivity contribution is 5.85. The van der Waals surface area contributed by atoms with E-state index in [1.54, 1.807) is 13.0 Å². The molecule has 0 unspecified atom stereocenters.